The maximum absolute atomic E-state index is 13.9. The first-order valence-electron chi connectivity index (χ1n) is 14.9. The van der Waals surface area contributed by atoms with Gasteiger partial charge in [0.05, 0.1) is 18.7 Å². The summed E-state index contributed by atoms with van der Waals surface area (Å²) in [6.07, 6.45) is 8.37. The third-order valence-corrected chi connectivity index (χ3v) is 8.41. The Morgan fingerprint density at radius 1 is 1.21 bits per heavy atom. The highest BCUT2D eigenvalue weighted by molar-refractivity contribution is 6.35. The predicted octanol–water partition coefficient (Wildman–Crippen LogP) is 4.97. The average molecular weight is 597 g/mol. The van der Waals surface area contributed by atoms with Gasteiger partial charge >= 0.3 is 6.03 Å². The number of fused-ring (bicyclic) bond motifs is 1. The van der Waals surface area contributed by atoms with Crippen LogP contribution in [0.15, 0.2) is 36.7 Å². The summed E-state index contributed by atoms with van der Waals surface area (Å²) in [6.45, 7) is 7.62. The fourth-order valence-electron chi connectivity index (χ4n) is 5.73. The van der Waals surface area contributed by atoms with Gasteiger partial charge in [-0.3, -0.25) is 9.69 Å². The number of hydrogen-bond donors (Lipinski definition) is 2. The normalized spacial score (nSPS) is 19.0. The van der Waals surface area contributed by atoms with Gasteiger partial charge in [0.25, 0.3) is 0 Å². The molecule has 3 amide bonds. The Kier molecular flexibility index (Phi) is 9.74. The number of aromatic nitrogens is 2. The molecule has 2 N–H and O–H groups in total. The van der Waals surface area contributed by atoms with Crippen molar-refractivity contribution in [1.82, 2.24) is 25.1 Å². The summed E-state index contributed by atoms with van der Waals surface area (Å²) in [5, 5.41) is 7.61. The number of benzene rings is 1. The van der Waals surface area contributed by atoms with E-state index in [0.29, 0.717) is 41.9 Å². The third-order valence-electron chi connectivity index (χ3n) is 8.12. The summed E-state index contributed by atoms with van der Waals surface area (Å²) in [6, 6.07) is 7.64. The molecule has 2 atom stereocenters. The molecular weight excluding hydrogens is 556 g/mol. The predicted molar refractivity (Wildman–Crippen MR) is 165 cm³/mol. The highest BCUT2D eigenvalue weighted by Crippen LogP contribution is 2.35. The van der Waals surface area contributed by atoms with E-state index in [1.54, 1.807) is 29.0 Å². The number of unbranched alkanes of at least 4 members (excludes halogenated alkanes) is 2. The summed E-state index contributed by atoms with van der Waals surface area (Å²) in [4.78, 5) is 34.9. The van der Waals surface area contributed by atoms with Crippen molar-refractivity contribution in [1.29, 1.82) is 0 Å². The number of carbonyl (C=O) groups is 2. The van der Waals surface area contributed by atoms with E-state index in [1.165, 1.54) is 0 Å². The molecule has 11 heteroatoms. The minimum absolute atomic E-state index is 0.0339. The lowest BCUT2D eigenvalue weighted by Crippen LogP contribution is -2.53. The van der Waals surface area contributed by atoms with Crippen molar-refractivity contribution in [3.8, 4) is 11.5 Å². The molecule has 5 rings (SSSR count). The lowest BCUT2D eigenvalue weighted by atomic mass is 10.1. The van der Waals surface area contributed by atoms with Gasteiger partial charge in [-0.25, -0.2) is 9.78 Å². The maximum atomic E-state index is 13.9. The van der Waals surface area contributed by atoms with Crippen LogP contribution in [0.5, 0.6) is 11.5 Å². The van der Waals surface area contributed by atoms with E-state index in [9.17, 15) is 9.59 Å². The summed E-state index contributed by atoms with van der Waals surface area (Å²) in [5.74, 6) is 1.21. The lowest BCUT2D eigenvalue weighted by Gasteiger charge is -2.40. The van der Waals surface area contributed by atoms with E-state index in [0.717, 1.165) is 61.8 Å². The molecule has 42 heavy (non-hydrogen) atoms. The molecule has 2 saturated heterocycles. The third kappa shape index (κ3) is 6.60. The van der Waals surface area contributed by atoms with Gasteiger partial charge in [0.1, 0.15) is 12.2 Å². The molecular formula is C31H41ClN6O4. The molecule has 4 heterocycles. The number of nitrogens with one attached hydrogen (secondary N) is 2. The number of halogens is 1. The molecule has 2 aromatic heterocycles. The zero-order valence-electron chi connectivity index (χ0n) is 24.7. The van der Waals surface area contributed by atoms with Gasteiger partial charge in [0.15, 0.2) is 11.5 Å². The van der Waals surface area contributed by atoms with E-state index in [2.05, 4.69) is 29.5 Å². The Morgan fingerprint density at radius 2 is 2.07 bits per heavy atom. The van der Waals surface area contributed by atoms with Crippen LogP contribution in [0.4, 0.5) is 10.5 Å². The summed E-state index contributed by atoms with van der Waals surface area (Å²) in [5.41, 5.74) is 2.29. The van der Waals surface area contributed by atoms with Crippen LogP contribution in [0, 0.1) is 0 Å². The van der Waals surface area contributed by atoms with Gasteiger partial charge in [0, 0.05) is 61.3 Å². The SMILES string of the molecule is CCCCCOc1cc(N2CC[C@H](C)N(Cc3ccnc4c3c(Cl)cn4CC(=O)N[C@H]3CCNC3)C2=O)ccc1OC. The summed E-state index contributed by atoms with van der Waals surface area (Å²) >= 11 is 6.72. The second-order valence-electron chi connectivity index (χ2n) is 11.1. The van der Waals surface area contributed by atoms with Crippen LogP contribution < -0.4 is 25.0 Å². The molecule has 3 aromatic rings. The molecule has 0 aliphatic carbocycles. The molecule has 0 saturated carbocycles. The number of hydrogen-bond acceptors (Lipinski definition) is 6. The van der Waals surface area contributed by atoms with Crippen LogP contribution in [-0.4, -0.2) is 71.8 Å². The largest absolute Gasteiger partial charge is 0.493 e. The van der Waals surface area contributed by atoms with Gasteiger partial charge in [0.2, 0.25) is 5.91 Å². The first-order chi connectivity index (χ1) is 20.4. The molecule has 0 unspecified atom stereocenters. The highest BCUT2D eigenvalue weighted by atomic mass is 35.5. The van der Waals surface area contributed by atoms with Crippen molar-refractivity contribution in [2.24, 2.45) is 0 Å². The van der Waals surface area contributed by atoms with E-state index < -0.39 is 0 Å². The topological polar surface area (TPSA) is 101 Å². The molecule has 10 nitrogen and oxygen atoms in total. The van der Waals surface area contributed by atoms with Crippen molar-refractivity contribution in [2.75, 3.05) is 38.3 Å². The zero-order chi connectivity index (χ0) is 29.6. The van der Waals surface area contributed by atoms with Crippen LogP contribution in [0.25, 0.3) is 11.0 Å². The van der Waals surface area contributed by atoms with Crippen LogP contribution in [0.3, 0.4) is 0 Å². The Hall–Kier alpha value is -3.50. The first kappa shape index (κ1) is 30.0. The number of nitrogens with zero attached hydrogens (tertiary/aromatic N) is 4. The Morgan fingerprint density at radius 3 is 2.83 bits per heavy atom. The molecule has 2 aliphatic heterocycles. The van der Waals surface area contributed by atoms with Gasteiger partial charge in [-0.2, -0.15) is 0 Å². The average Bonchev–Trinajstić information content (AvgIpc) is 3.61. The maximum Gasteiger partial charge on any atom is 0.325 e. The van der Waals surface area contributed by atoms with Crippen molar-refractivity contribution in [3.05, 3.63) is 47.2 Å². The van der Waals surface area contributed by atoms with Crippen LogP contribution in [0.1, 0.15) is 51.5 Å². The van der Waals surface area contributed by atoms with E-state index in [1.807, 2.05) is 29.2 Å². The standard InChI is InChI=1S/C31H41ClN6O4/c1-4-5-6-15-42-27-16-24(7-8-26(27)41-3)37-14-11-21(2)38(31(37)40)18-22-9-13-34-30-29(22)25(32)19-36(30)20-28(39)35-23-10-12-33-17-23/h7-9,13,16,19,21,23,33H,4-6,10-12,14-15,17-18,20H2,1-3H3,(H,35,39)/t21-,23-/m0/s1. The Labute approximate surface area is 252 Å². The molecule has 1 aromatic carbocycles. The Bertz CT molecular complexity index is 1410. The second-order valence-corrected chi connectivity index (χ2v) is 11.5. The molecule has 0 spiro atoms. The number of carbonyl (C=O) groups excluding carboxylic acids is 2. The van der Waals surface area contributed by atoms with Gasteiger partial charge in [-0.05, 0) is 56.5 Å². The number of anilines is 1. The van der Waals surface area contributed by atoms with Crippen molar-refractivity contribution < 1.29 is 19.1 Å². The fourth-order valence-corrected chi connectivity index (χ4v) is 6.05. The first-order valence-corrected chi connectivity index (χ1v) is 15.3. The number of ether oxygens (including phenoxy) is 2. The molecule has 2 fully saturated rings. The smallest absolute Gasteiger partial charge is 0.325 e. The minimum atomic E-state index is -0.0825. The van der Waals surface area contributed by atoms with Crippen molar-refractivity contribution >= 4 is 40.3 Å². The fraction of sp³-hybridized carbons (Fsp3) is 0.516. The van der Waals surface area contributed by atoms with Crippen LogP contribution >= 0.6 is 11.6 Å². The van der Waals surface area contributed by atoms with Crippen LogP contribution in [0.2, 0.25) is 5.02 Å². The van der Waals surface area contributed by atoms with Crippen molar-refractivity contribution in [3.63, 3.8) is 0 Å². The van der Waals surface area contributed by atoms with E-state index in [-0.39, 0.29) is 30.6 Å². The molecule has 226 valence electrons. The monoisotopic (exact) mass is 596 g/mol. The summed E-state index contributed by atoms with van der Waals surface area (Å²) < 4.78 is 13.3. The van der Waals surface area contributed by atoms with Gasteiger partial charge in [-0.15, -0.1) is 0 Å². The zero-order valence-corrected chi connectivity index (χ0v) is 25.5. The highest BCUT2D eigenvalue weighted by Gasteiger charge is 2.33. The van der Waals surface area contributed by atoms with E-state index in [4.69, 9.17) is 21.1 Å². The van der Waals surface area contributed by atoms with Gasteiger partial charge in [-0.1, -0.05) is 31.4 Å². The number of methoxy groups -OCH3 is 1. The number of pyridine rings is 1. The molecule has 0 bridgehead atoms. The minimum Gasteiger partial charge on any atom is -0.493 e. The van der Waals surface area contributed by atoms with Crippen molar-refractivity contribution in [2.45, 2.75) is 71.1 Å². The summed E-state index contributed by atoms with van der Waals surface area (Å²) in [7, 11) is 1.62. The Balaban J connectivity index is 1.34. The second kappa shape index (κ2) is 13.6. The molecule has 0 radical (unpaired) electrons. The van der Waals surface area contributed by atoms with Gasteiger partial charge < -0.3 is 29.6 Å². The number of rotatable bonds is 12. The van der Waals surface area contributed by atoms with Crippen LogP contribution in [-0.2, 0) is 17.9 Å². The van der Waals surface area contributed by atoms with E-state index >= 15 is 0 Å². The molecule has 2 aliphatic rings. The number of urea groups is 1. The quantitative estimate of drug-likeness (QED) is 0.287. The number of amides is 3. The lowest BCUT2D eigenvalue weighted by molar-refractivity contribution is -0.122.